The molecule has 8 heteroatoms. The zero-order valence-electron chi connectivity index (χ0n) is 11.9. The fourth-order valence-corrected chi connectivity index (χ4v) is 4.49. The summed E-state index contributed by atoms with van der Waals surface area (Å²) in [5.41, 5.74) is 0. The molecule has 2 heterocycles. The molecule has 2 fully saturated rings. The minimum Gasteiger partial charge on any atom is -0.465 e. The number of hydrogen-bond acceptors (Lipinski definition) is 5. The van der Waals surface area contributed by atoms with Gasteiger partial charge in [-0.05, 0) is 26.2 Å². The predicted molar refractivity (Wildman–Crippen MR) is 74.3 cm³/mol. The van der Waals surface area contributed by atoms with E-state index in [1.807, 2.05) is 0 Å². The predicted octanol–water partition coefficient (Wildman–Crippen LogP) is -0.446. The van der Waals surface area contributed by atoms with Crippen molar-refractivity contribution in [3.05, 3.63) is 0 Å². The number of ether oxygens (including phenoxy) is 1. The van der Waals surface area contributed by atoms with Crippen molar-refractivity contribution < 1.29 is 17.9 Å². The third kappa shape index (κ3) is 3.30. The Morgan fingerprint density at radius 1 is 1.25 bits per heavy atom. The van der Waals surface area contributed by atoms with Gasteiger partial charge in [-0.25, -0.2) is 0 Å². The minimum absolute atomic E-state index is 0.275. The van der Waals surface area contributed by atoms with E-state index >= 15 is 0 Å². The summed E-state index contributed by atoms with van der Waals surface area (Å²) in [4.78, 5) is 12.0. The standard InChI is InChI=1S/C12H23N3O4S/c1-2-19-12(16)11-5-3-4-8-15(11)20(17,18)14-9-6-13-7-10-14/h11,13H,2-10H2,1H3. The molecule has 0 aromatic heterocycles. The van der Waals surface area contributed by atoms with Crippen molar-refractivity contribution in [2.45, 2.75) is 32.2 Å². The monoisotopic (exact) mass is 305 g/mol. The molecule has 0 spiro atoms. The van der Waals surface area contributed by atoms with Crippen LogP contribution >= 0.6 is 0 Å². The van der Waals surface area contributed by atoms with Gasteiger partial charge in [-0.3, -0.25) is 4.79 Å². The van der Waals surface area contributed by atoms with Crippen LogP contribution in [0.15, 0.2) is 0 Å². The second-order valence-electron chi connectivity index (χ2n) is 5.03. The van der Waals surface area contributed by atoms with Crippen LogP contribution in [0.2, 0.25) is 0 Å². The quantitative estimate of drug-likeness (QED) is 0.712. The summed E-state index contributed by atoms with van der Waals surface area (Å²) in [6.45, 7) is 4.61. The van der Waals surface area contributed by atoms with Crippen LogP contribution in [0.1, 0.15) is 26.2 Å². The van der Waals surface area contributed by atoms with Crippen molar-refractivity contribution in [1.29, 1.82) is 0 Å². The largest absolute Gasteiger partial charge is 0.465 e. The van der Waals surface area contributed by atoms with Crippen molar-refractivity contribution in [2.75, 3.05) is 39.3 Å². The van der Waals surface area contributed by atoms with Gasteiger partial charge in [0.25, 0.3) is 10.2 Å². The van der Waals surface area contributed by atoms with Crippen LogP contribution in [0.3, 0.4) is 0 Å². The molecular weight excluding hydrogens is 282 g/mol. The first-order valence-corrected chi connectivity index (χ1v) is 8.61. The lowest BCUT2D eigenvalue weighted by Crippen LogP contribution is -2.57. The van der Waals surface area contributed by atoms with Gasteiger partial charge in [0.15, 0.2) is 0 Å². The highest BCUT2D eigenvalue weighted by Gasteiger charge is 2.40. The summed E-state index contributed by atoms with van der Waals surface area (Å²) < 4.78 is 33.2. The van der Waals surface area contributed by atoms with E-state index in [2.05, 4.69) is 5.32 Å². The average molecular weight is 305 g/mol. The third-order valence-electron chi connectivity index (χ3n) is 3.71. The molecule has 0 saturated carbocycles. The molecule has 0 aromatic rings. The van der Waals surface area contributed by atoms with E-state index in [-0.39, 0.29) is 6.61 Å². The number of rotatable bonds is 4. The van der Waals surface area contributed by atoms with Crippen molar-refractivity contribution in [1.82, 2.24) is 13.9 Å². The number of nitrogens with zero attached hydrogens (tertiary/aromatic N) is 2. The van der Waals surface area contributed by atoms with Gasteiger partial charge in [0.05, 0.1) is 6.61 Å². The first-order chi connectivity index (χ1) is 9.57. The second kappa shape index (κ2) is 6.84. The Morgan fingerprint density at radius 3 is 2.60 bits per heavy atom. The zero-order valence-corrected chi connectivity index (χ0v) is 12.7. The van der Waals surface area contributed by atoms with Crippen molar-refractivity contribution in [2.24, 2.45) is 0 Å². The molecule has 0 bridgehead atoms. The maximum absolute atomic E-state index is 12.7. The van der Waals surface area contributed by atoms with Gasteiger partial charge >= 0.3 is 5.97 Å². The second-order valence-corrected chi connectivity index (χ2v) is 6.91. The highest BCUT2D eigenvalue weighted by molar-refractivity contribution is 7.86. The molecule has 116 valence electrons. The van der Waals surface area contributed by atoms with E-state index < -0.39 is 22.2 Å². The van der Waals surface area contributed by atoms with Crippen LogP contribution in [-0.4, -0.2) is 68.4 Å². The lowest BCUT2D eigenvalue weighted by molar-refractivity contribution is -0.148. The van der Waals surface area contributed by atoms with E-state index in [0.717, 1.165) is 12.8 Å². The number of carbonyl (C=O) groups excluding carboxylic acids is 1. The molecule has 20 heavy (non-hydrogen) atoms. The van der Waals surface area contributed by atoms with E-state index in [1.54, 1.807) is 6.92 Å². The Kier molecular flexibility index (Phi) is 5.36. The molecule has 0 amide bonds. The Labute approximate surface area is 120 Å². The van der Waals surface area contributed by atoms with Crippen LogP contribution < -0.4 is 5.32 Å². The average Bonchev–Trinajstić information content (AvgIpc) is 2.48. The van der Waals surface area contributed by atoms with Gasteiger partial charge in [-0.1, -0.05) is 0 Å². The van der Waals surface area contributed by atoms with Gasteiger partial charge < -0.3 is 10.1 Å². The SMILES string of the molecule is CCOC(=O)C1CCCCN1S(=O)(=O)N1CCNCC1. The number of piperidine rings is 1. The minimum atomic E-state index is -3.57. The highest BCUT2D eigenvalue weighted by Crippen LogP contribution is 2.23. The van der Waals surface area contributed by atoms with Crippen molar-refractivity contribution in [3.63, 3.8) is 0 Å². The Bertz CT molecular complexity index is 434. The molecule has 7 nitrogen and oxygen atoms in total. The Morgan fingerprint density at radius 2 is 1.95 bits per heavy atom. The van der Waals surface area contributed by atoms with Crippen LogP contribution in [0.25, 0.3) is 0 Å². The molecule has 2 rings (SSSR count). The highest BCUT2D eigenvalue weighted by atomic mass is 32.2. The van der Waals surface area contributed by atoms with E-state index in [1.165, 1.54) is 8.61 Å². The van der Waals surface area contributed by atoms with Crippen molar-refractivity contribution >= 4 is 16.2 Å². The molecule has 2 saturated heterocycles. The topological polar surface area (TPSA) is 79.0 Å². The number of carbonyl (C=O) groups is 1. The van der Waals surface area contributed by atoms with Crippen molar-refractivity contribution in [3.8, 4) is 0 Å². The van der Waals surface area contributed by atoms with E-state index in [4.69, 9.17) is 4.74 Å². The Hall–Kier alpha value is -0.700. The third-order valence-corrected chi connectivity index (χ3v) is 5.76. The number of esters is 1. The number of nitrogens with one attached hydrogen (secondary N) is 1. The fourth-order valence-electron chi connectivity index (χ4n) is 2.68. The van der Waals surface area contributed by atoms with Gasteiger partial charge in [0.1, 0.15) is 6.04 Å². The summed E-state index contributed by atoms with van der Waals surface area (Å²) in [6.07, 6.45) is 2.20. The van der Waals surface area contributed by atoms with Crippen LogP contribution in [0.5, 0.6) is 0 Å². The summed E-state index contributed by atoms with van der Waals surface area (Å²) in [7, 11) is -3.57. The summed E-state index contributed by atoms with van der Waals surface area (Å²) in [5, 5.41) is 3.13. The lowest BCUT2D eigenvalue weighted by atomic mass is 10.1. The lowest BCUT2D eigenvalue weighted by Gasteiger charge is -2.37. The molecule has 0 aromatic carbocycles. The first-order valence-electron chi connectivity index (χ1n) is 7.21. The first kappa shape index (κ1) is 15.7. The summed E-state index contributed by atoms with van der Waals surface area (Å²) in [6, 6.07) is -0.663. The molecule has 1 unspecified atom stereocenters. The molecule has 2 aliphatic heterocycles. The molecule has 2 aliphatic rings. The normalized spacial score (nSPS) is 26.4. The Balaban J connectivity index is 2.15. The van der Waals surface area contributed by atoms with Gasteiger partial charge in [-0.15, -0.1) is 0 Å². The van der Waals surface area contributed by atoms with Crippen LogP contribution in [-0.2, 0) is 19.7 Å². The molecule has 0 aliphatic carbocycles. The zero-order chi connectivity index (χ0) is 14.6. The van der Waals surface area contributed by atoms with Gasteiger partial charge in [0.2, 0.25) is 0 Å². The summed E-state index contributed by atoms with van der Waals surface area (Å²) in [5.74, 6) is -0.425. The number of hydrogen-bond donors (Lipinski definition) is 1. The van der Waals surface area contributed by atoms with Gasteiger partial charge in [-0.2, -0.15) is 17.0 Å². The van der Waals surface area contributed by atoms with E-state index in [0.29, 0.717) is 39.1 Å². The van der Waals surface area contributed by atoms with Crippen LogP contribution in [0, 0.1) is 0 Å². The molecule has 1 atom stereocenters. The smallest absolute Gasteiger partial charge is 0.324 e. The molecule has 1 N–H and O–H groups in total. The molecular formula is C12H23N3O4S. The van der Waals surface area contributed by atoms with Gasteiger partial charge in [0, 0.05) is 32.7 Å². The maximum Gasteiger partial charge on any atom is 0.324 e. The fraction of sp³-hybridized carbons (Fsp3) is 0.917. The number of piperazine rings is 1. The van der Waals surface area contributed by atoms with E-state index in [9.17, 15) is 13.2 Å². The molecule has 0 radical (unpaired) electrons. The maximum atomic E-state index is 12.7. The summed E-state index contributed by atoms with van der Waals surface area (Å²) >= 11 is 0. The van der Waals surface area contributed by atoms with Crippen LogP contribution in [0.4, 0.5) is 0 Å².